The first-order chi connectivity index (χ1) is 12.8. The number of likely N-dealkylation sites (N-methyl/N-ethyl adjacent to an activating group) is 1. The minimum absolute atomic E-state index is 0. The lowest BCUT2D eigenvalue weighted by molar-refractivity contribution is 0.0524. The number of esters is 1. The maximum atomic E-state index is 12.6. The van der Waals surface area contributed by atoms with Crippen molar-refractivity contribution in [1.82, 2.24) is 4.90 Å². The number of benzene rings is 1. The maximum Gasteiger partial charge on any atom is 0.341 e. The molecule has 2 N–H and O–H groups in total. The monoisotopic (exact) mass is 423 g/mol. The lowest BCUT2D eigenvalue weighted by Gasteiger charge is -2.39. The van der Waals surface area contributed by atoms with Crippen LogP contribution in [-0.4, -0.2) is 36.1 Å². The van der Waals surface area contributed by atoms with Crippen LogP contribution in [0, 0.1) is 0 Å². The smallest absolute Gasteiger partial charge is 0.341 e. The summed E-state index contributed by atoms with van der Waals surface area (Å²) in [5, 5.41) is 6.17. The molecule has 0 atom stereocenters. The van der Waals surface area contributed by atoms with Crippen LogP contribution in [0.1, 0.15) is 41.6 Å². The molecular weight excluding hydrogens is 398 g/mol. The fraction of sp³-hybridized carbons (Fsp3) is 0.400. The van der Waals surface area contributed by atoms with Gasteiger partial charge in [0.1, 0.15) is 5.00 Å². The Morgan fingerprint density at radius 3 is 2.54 bits per heavy atom. The molecular formula is C20H26ClN3O3S. The largest absolute Gasteiger partial charge is 0.462 e. The third-order valence-corrected chi connectivity index (χ3v) is 5.98. The summed E-state index contributed by atoms with van der Waals surface area (Å²) in [5.74, 6) is -0.384. The summed E-state index contributed by atoms with van der Waals surface area (Å²) < 4.78 is 5.27. The Hall–Kier alpha value is -2.09. The van der Waals surface area contributed by atoms with Crippen LogP contribution in [0.15, 0.2) is 30.3 Å². The molecule has 6 nitrogen and oxygen atoms in total. The van der Waals surface area contributed by atoms with Gasteiger partial charge in [-0.2, -0.15) is 0 Å². The van der Waals surface area contributed by atoms with Gasteiger partial charge in [-0.05, 0) is 51.9 Å². The fourth-order valence-electron chi connectivity index (χ4n) is 3.12. The number of fused-ring (bicyclic) bond motifs is 1. The molecule has 152 valence electrons. The summed E-state index contributed by atoms with van der Waals surface area (Å²) >= 11 is 1.45. The zero-order chi connectivity index (χ0) is 19.6. The average Bonchev–Trinajstić information content (AvgIpc) is 2.92. The SMILES string of the molecule is CCOC(=O)c1c(NC(=O)Nc2ccccc2)sc2c1CC(C)(C)N(C)C2.Cl. The van der Waals surface area contributed by atoms with Crippen molar-refractivity contribution < 1.29 is 14.3 Å². The molecule has 28 heavy (non-hydrogen) atoms. The average molecular weight is 424 g/mol. The highest BCUT2D eigenvalue weighted by molar-refractivity contribution is 7.17. The Bertz CT molecular complexity index is 852. The zero-order valence-electron chi connectivity index (χ0n) is 16.5. The zero-order valence-corrected chi connectivity index (χ0v) is 18.1. The number of nitrogens with zero attached hydrogens (tertiary/aromatic N) is 1. The minimum atomic E-state index is -0.384. The highest BCUT2D eigenvalue weighted by atomic mass is 35.5. The molecule has 8 heteroatoms. The van der Waals surface area contributed by atoms with Gasteiger partial charge in [0.15, 0.2) is 0 Å². The topological polar surface area (TPSA) is 70.7 Å². The number of urea groups is 1. The summed E-state index contributed by atoms with van der Waals surface area (Å²) in [7, 11) is 2.07. The Morgan fingerprint density at radius 1 is 1.21 bits per heavy atom. The number of halogens is 1. The molecule has 0 radical (unpaired) electrons. The van der Waals surface area contributed by atoms with Crippen molar-refractivity contribution in [2.45, 2.75) is 39.3 Å². The van der Waals surface area contributed by atoms with Crippen LogP contribution in [0.3, 0.4) is 0 Å². The first kappa shape index (κ1) is 22.2. The van der Waals surface area contributed by atoms with Crippen molar-refractivity contribution >= 4 is 46.4 Å². The number of carbonyl (C=O) groups excluding carboxylic acids is 2. The minimum Gasteiger partial charge on any atom is -0.462 e. The van der Waals surface area contributed by atoms with E-state index in [9.17, 15) is 9.59 Å². The Labute approximate surface area is 175 Å². The number of hydrogen-bond donors (Lipinski definition) is 2. The van der Waals surface area contributed by atoms with Crippen molar-refractivity contribution in [2.24, 2.45) is 0 Å². The normalized spacial score (nSPS) is 15.1. The third kappa shape index (κ3) is 4.66. The van der Waals surface area contributed by atoms with Crippen molar-refractivity contribution in [3.8, 4) is 0 Å². The lowest BCUT2D eigenvalue weighted by Crippen LogP contribution is -2.45. The molecule has 3 rings (SSSR count). The predicted octanol–water partition coefficient (Wildman–Crippen LogP) is 4.76. The number of amides is 2. The van der Waals surface area contributed by atoms with Gasteiger partial charge < -0.3 is 10.1 Å². The molecule has 0 saturated heterocycles. The molecule has 0 bridgehead atoms. The van der Waals surface area contributed by atoms with Gasteiger partial charge in [-0.25, -0.2) is 9.59 Å². The van der Waals surface area contributed by atoms with Crippen LogP contribution in [0.25, 0.3) is 0 Å². The quantitative estimate of drug-likeness (QED) is 0.695. The van der Waals surface area contributed by atoms with Crippen molar-refractivity contribution in [3.63, 3.8) is 0 Å². The highest BCUT2D eigenvalue weighted by Gasteiger charge is 2.36. The molecule has 0 saturated carbocycles. The van der Waals surface area contributed by atoms with E-state index in [0.29, 0.717) is 22.9 Å². The number of hydrogen-bond acceptors (Lipinski definition) is 5. The second-order valence-corrected chi connectivity index (χ2v) is 8.32. The van der Waals surface area contributed by atoms with Gasteiger partial charge in [0, 0.05) is 22.6 Å². The van der Waals surface area contributed by atoms with Crippen LogP contribution in [-0.2, 0) is 17.7 Å². The van der Waals surface area contributed by atoms with Crippen LogP contribution in [0.5, 0.6) is 0 Å². The van der Waals surface area contributed by atoms with Gasteiger partial charge in [-0.15, -0.1) is 23.7 Å². The van der Waals surface area contributed by atoms with E-state index in [4.69, 9.17) is 4.74 Å². The van der Waals surface area contributed by atoms with Gasteiger partial charge in [-0.3, -0.25) is 10.2 Å². The second-order valence-electron chi connectivity index (χ2n) is 7.22. The van der Waals surface area contributed by atoms with Gasteiger partial charge >= 0.3 is 12.0 Å². The molecule has 1 aliphatic heterocycles. The summed E-state index contributed by atoms with van der Waals surface area (Å²) in [6, 6.07) is 8.82. The van der Waals surface area contributed by atoms with E-state index in [2.05, 4.69) is 36.4 Å². The Morgan fingerprint density at radius 2 is 1.89 bits per heavy atom. The van der Waals surface area contributed by atoms with E-state index in [1.165, 1.54) is 11.3 Å². The lowest BCUT2D eigenvalue weighted by atomic mass is 9.87. The van der Waals surface area contributed by atoms with Crippen LogP contribution < -0.4 is 10.6 Å². The van der Waals surface area contributed by atoms with E-state index in [1.807, 2.05) is 30.3 Å². The van der Waals surface area contributed by atoms with Crippen molar-refractivity contribution in [1.29, 1.82) is 0 Å². The number of anilines is 2. The molecule has 2 aromatic rings. The molecule has 1 aromatic heterocycles. The molecule has 0 unspecified atom stereocenters. The number of thiophene rings is 1. The fourth-order valence-corrected chi connectivity index (χ4v) is 4.37. The van der Waals surface area contributed by atoms with Crippen molar-refractivity contribution in [3.05, 3.63) is 46.3 Å². The van der Waals surface area contributed by atoms with Crippen LogP contribution in [0.2, 0.25) is 0 Å². The van der Waals surface area contributed by atoms with E-state index < -0.39 is 0 Å². The van der Waals surface area contributed by atoms with Crippen molar-refractivity contribution in [2.75, 3.05) is 24.3 Å². The number of ether oxygens (including phenoxy) is 1. The molecule has 2 heterocycles. The van der Waals surface area contributed by atoms with Gasteiger partial charge in [0.05, 0.1) is 12.2 Å². The number of nitrogens with one attached hydrogen (secondary N) is 2. The molecule has 0 fully saturated rings. The summed E-state index contributed by atoms with van der Waals surface area (Å²) in [6.07, 6.45) is 0.728. The Balaban J connectivity index is 0.00000280. The molecule has 1 aliphatic rings. The third-order valence-electron chi connectivity index (χ3n) is 4.85. The van der Waals surface area contributed by atoms with Crippen LogP contribution in [0.4, 0.5) is 15.5 Å². The first-order valence-electron chi connectivity index (χ1n) is 8.97. The number of rotatable bonds is 4. The highest BCUT2D eigenvalue weighted by Crippen LogP contribution is 2.41. The van der Waals surface area contributed by atoms with Gasteiger partial charge in [0.2, 0.25) is 0 Å². The first-order valence-corrected chi connectivity index (χ1v) is 9.79. The number of carbonyl (C=O) groups is 2. The second kappa shape index (κ2) is 8.94. The Kier molecular flexibility index (Phi) is 7.09. The standard InChI is InChI=1S/C20H25N3O3S.ClH/c1-5-26-18(24)16-14-11-20(2,3)23(4)12-15(14)27-17(16)22-19(25)21-13-9-7-6-8-10-13;/h6-10H,5,11-12H2,1-4H3,(H2,21,22,25);1H. The van der Waals surface area contributed by atoms with Gasteiger partial charge in [-0.1, -0.05) is 18.2 Å². The number of para-hydroxylation sites is 1. The molecule has 0 aliphatic carbocycles. The van der Waals surface area contributed by atoms with E-state index in [-0.39, 0.29) is 29.9 Å². The van der Waals surface area contributed by atoms with Gasteiger partial charge in [0.25, 0.3) is 0 Å². The van der Waals surface area contributed by atoms with Crippen LogP contribution >= 0.6 is 23.7 Å². The van der Waals surface area contributed by atoms with E-state index >= 15 is 0 Å². The maximum absolute atomic E-state index is 12.6. The summed E-state index contributed by atoms with van der Waals surface area (Å²) in [6.45, 7) is 7.11. The summed E-state index contributed by atoms with van der Waals surface area (Å²) in [5.41, 5.74) is 2.09. The molecule has 0 spiro atoms. The van der Waals surface area contributed by atoms with E-state index in [0.717, 1.165) is 23.4 Å². The predicted molar refractivity (Wildman–Crippen MR) is 116 cm³/mol. The molecule has 1 aromatic carbocycles. The summed E-state index contributed by atoms with van der Waals surface area (Å²) in [4.78, 5) is 28.4. The van der Waals surface area contributed by atoms with E-state index in [1.54, 1.807) is 6.92 Å². The molecule has 2 amide bonds.